The standard InChI is InChI=1S/C18H16N2O6S/c1-2-25-18(22)12-7-9-13(10-8-12)26-16(21)11-19-17-14-5-3-4-6-15(14)27(23,24)20-17/h3-10H,2,11H2,1H3,(H,19,20). The molecule has 0 aromatic heterocycles. The molecule has 2 aromatic carbocycles. The number of fused-ring (bicyclic) bond motifs is 1. The van der Waals surface area contributed by atoms with Gasteiger partial charge in [0.2, 0.25) is 0 Å². The summed E-state index contributed by atoms with van der Waals surface area (Å²) in [6, 6.07) is 12.2. The van der Waals surface area contributed by atoms with Gasteiger partial charge < -0.3 is 9.47 Å². The van der Waals surface area contributed by atoms with Crippen molar-refractivity contribution >= 4 is 27.8 Å². The van der Waals surface area contributed by atoms with E-state index in [0.29, 0.717) is 11.1 Å². The number of rotatable bonds is 5. The zero-order valence-corrected chi connectivity index (χ0v) is 15.2. The van der Waals surface area contributed by atoms with Crippen molar-refractivity contribution in [1.82, 2.24) is 4.72 Å². The lowest BCUT2D eigenvalue weighted by Crippen LogP contribution is -2.24. The largest absolute Gasteiger partial charge is 0.462 e. The van der Waals surface area contributed by atoms with Gasteiger partial charge in [0.15, 0.2) is 0 Å². The molecule has 0 amide bonds. The molecule has 0 unspecified atom stereocenters. The number of carbonyl (C=O) groups is 2. The van der Waals surface area contributed by atoms with Gasteiger partial charge in [-0.15, -0.1) is 0 Å². The molecule has 1 aliphatic heterocycles. The maximum atomic E-state index is 12.0. The van der Waals surface area contributed by atoms with E-state index in [-0.39, 0.29) is 29.6 Å². The fraction of sp³-hybridized carbons (Fsp3) is 0.167. The summed E-state index contributed by atoms with van der Waals surface area (Å²) in [6.45, 7) is 1.60. The van der Waals surface area contributed by atoms with Crippen LogP contribution in [0.4, 0.5) is 0 Å². The Morgan fingerprint density at radius 2 is 1.78 bits per heavy atom. The summed E-state index contributed by atoms with van der Waals surface area (Å²) in [5.41, 5.74) is 0.748. The molecular weight excluding hydrogens is 372 g/mol. The zero-order valence-electron chi connectivity index (χ0n) is 14.3. The number of sulfonamides is 1. The number of amidine groups is 1. The molecule has 2 aromatic rings. The van der Waals surface area contributed by atoms with E-state index < -0.39 is 22.0 Å². The first kappa shape index (κ1) is 18.6. The number of hydrogen-bond acceptors (Lipinski definition) is 7. The Bertz CT molecular complexity index is 1010. The van der Waals surface area contributed by atoms with Crippen molar-refractivity contribution in [2.45, 2.75) is 11.8 Å². The van der Waals surface area contributed by atoms with Crippen LogP contribution < -0.4 is 9.46 Å². The Morgan fingerprint density at radius 3 is 2.48 bits per heavy atom. The fourth-order valence-electron chi connectivity index (χ4n) is 2.43. The van der Waals surface area contributed by atoms with E-state index in [1.54, 1.807) is 25.1 Å². The summed E-state index contributed by atoms with van der Waals surface area (Å²) in [7, 11) is -3.66. The number of hydrogen-bond donors (Lipinski definition) is 1. The molecule has 9 heteroatoms. The Labute approximate surface area is 155 Å². The van der Waals surface area contributed by atoms with Crippen molar-refractivity contribution in [3.63, 3.8) is 0 Å². The van der Waals surface area contributed by atoms with Gasteiger partial charge in [0, 0.05) is 5.56 Å². The van der Waals surface area contributed by atoms with E-state index in [1.807, 2.05) is 0 Å². The van der Waals surface area contributed by atoms with E-state index >= 15 is 0 Å². The van der Waals surface area contributed by atoms with Crippen LogP contribution in [0, 0.1) is 0 Å². The van der Waals surface area contributed by atoms with Crippen LogP contribution in [0.2, 0.25) is 0 Å². The van der Waals surface area contributed by atoms with Crippen molar-refractivity contribution in [2.75, 3.05) is 13.2 Å². The topological polar surface area (TPSA) is 111 Å². The third kappa shape index (κ3) is 4.14. The lowest BCUT2D eigenvalue weighted by Gasteiger charge is -2.05. The maximum absolute atomic E-state index is 12.0. The lowest BCUT2D eigenvalue weighted by atomic mass is 10.2. The second kappa shape index (κ2) is 7.58. The molecule has 0 saturated carbocycles. The van der Waals surface area contributed by atoms with Crippen LogP contribution in [-0.4, -0.2) is 39.3 Å². The highest BCUT2D eigenvalue weighted by Crippen LogP contribution is 2.22. The Hall–Kier alpha value is -3.20. The van der Waals surface area contributed by atoms with Crippen molar-refractivity contribution < 1.29 is 27.5 Å². The summed E-state index contributed by atoms with van der Waals surface area (Å²) in [4.78, 5) is 27.7. The highest BCUT2D eigenvalue weighted by atomic mass is 32.2. The second-order valence-corrected chi connectivity index (χ2v) is 7.14. The predicted molar refractivity (Wildman–Crippen MR) is 96.2 cm³/mol. The molecule has 0 aliphatic carbocycles. The van der Waals surface area contributed by atoms with Crippen molar-refractivity contribution in [3.8, 4) is 5.75 Å². The van der Waals surface area contributed by atoms with Gasteiger partial charge in [0.05, 0.1) is 17.1 Å². The molecule has 27 heavy (non-hydrogen) atoms. The van der Waals surface area contributed by atoms with E-state index in [0.717, 1.165) is 0 Å². The van der Waals surface area contributed by atoms with Gasteiger partial charge in [0.1, 0.15) is 18.1 Å². The molecule has 1 aliphatic rings. The Morgan fingerprint density at radius 1 is 1.07 bits per heavy atom. The SMILES string of the molecule is CCOC(=O)c1ccc(OC(=O)CN=C2NS(=O)(=O)c3ccccc32)cc1. The molecule has 0 atom stereocenters. The summed E-state index contributed by atoms with van der Waals surface area (Å²) in [5, 5.41) is 0. The number of nitrogens with one attached hydrogen (secondary N) is 1. The maximum Gasteiger partial charge on any atom is 0.338 e. The van der Waals surface area contributed by atoms with Gasteiger partial charge in [-0.2, -0.15) is 0 Å². The van der Waals surface area contributed by atoms with Crippen LogP contribution in [0.5, 0.6) is 5.75 Å². The second-order valence-electron chi connectivity index (χ2n) is 5.49. The minimum Gasteiger partial charge on any atom is -0.462 e. The number of benzene rings is 2. The van der Waals surface area contributed by atoms with E-state index in [2.05, 4.69) is 9.71 Å². The van der Waals surface area contributed by atoms with Gasteiger partial charge in [-0.25, -0.2) is 18.0 Å². The van der Waals surface area contributed by atoms with Crippen LogP contribution in [0.3, 0.4) is 0 Å². The number of ether oxygens (including phenoxy) is 2. The highest BCUT2D eigenvalue weighted by molar-refractivity contribution is 7.90. The molecule has 0 spiro atoms. The number of aliphatic imine (C=N–C) groups is 1. The molecule has 1 N–H and O–H groups in total. The summed E-state index contributed by atoms with van der Waals surface area (Å²) < 4.78 is 36.3. The summed E-state index contributed by atoms with van der Waals surface area (Å²) in [6.07, 6.45) is 0. The summed E-state index contributed by atoms with van der Waals surface area (Å²) in [5.74, 6) is -0.801. The zero-order chi connectivity index (χ0) is 19.4. The summed E-state index contributed by atoms with van der Waals surface area (Å²) >= 11 is 0. The molecule has 0 saturated heterocycles. The lowest BCUT2D eigenvalue weighted by molar-refractivity contribution is -0.132. The third-order valence-electron chi connectivity index (χ3n) is 3.63. The van der Waals surface area contributed by atoms with Crippen LogP contribution in [-0.2, 0) is 19.6 Å². The van der Waals surface area contributed by atoms with Gasteiger partial charge in [-0.3, -0.25) is 9.71 Å². The van der Waals surface area contributed by atoms with Crippen molar-refractivity contribution in [1.29, 1.82) is 0 Å². The normalized spacial score (nSPS) is 15.7. The molecule has 8 nitrogen and oxygen atoms in total. The minimum atomic E-state index is -3.66. The van der Waals surface area contributed by atoms with E-state index in [4.69, 9.17) is 9.47 Å². The average molecular weight is 388 g/mol. The van der Waals surface area contributed by atoms with Gasteiger partial charge in [-0.05, 0) is 43.3 Å². The Kier molecular flexibility index (Phi) is 5.22. The fourth-order valence-corrected chi connectivity index (χ4v) is 3.68. The molecule has 3 rings (SSSR count). The first-order valence-corrected chi connectivity index (χ1v) is 9.53. The van der Waals surface area contributed by atoms with Gasteiger partial charge in [-0.1, -0.05) is 12.1 Å². The quantitative estimate of drug-likeness (QED) is 0.614. The average Bonchev–Trinajstić information content (AvgIpc) is 2.92. The number of esters is 2. The molecule has 1 heterocycles. The number of nitrogens with zero attached hydrogens (tertiary/aromatic N) is 1. The van der Waals surface area contributed by atoms with Crippen molar-refractivity contribution in [2.24, 2.45) is 4.99 Å². The monoisotopic (exact) mass is 388 g/mol. The van der Waals surface area contributed by atoms with Crippen molar-refractivity contribution in [3.05, 3.63) is 59.7 Å². The first-order chi connectivity index (χ1) is 12.9. The van der Waals surface area contributed by atoms with E-state index in [1.165, 1.54) is 30.3 Å². The van der Waals surface area contributed by atoms with Crippen LogP contribution in [0.1, 0.15) is 22.8 Å². The first-order valence-electron chi connectivity index (χ1n) is 8.05. The molecule has 0 bridgehead atoms. The molecular formula is C18H16N2O6S. The highest BCUT2D eigenvalue weighted by Gasteiger charge is 2.30. The number of carbonyl (C=O) groups excluding carboxylic acids is 2. The smallest absolute Gasteiger partial charge is 0.338 e. The third-order valence-corrected chi connectivity index (χ3v) is 5.02. The van der Waals surface area contributed by atoms with Crippen LogP contribution in [0.25, 0.3) is 0 Å². The van der Waals surface area contributed by atoms with Crippen LogP contribution in [0.15, 0.2) is 58.4 Å². The molecule has 140 valence electrons. The molecule has 0 radical (unpaired) electrons. The van der Waals surface area contributed by atoms with Gasteiger partial charge in [0.25, 0.3) is 10.0 Å². The predicted octanol–water partition coefficient (Wildman–Crippen LogP) is 1.51. The van der Waals surface area contributed by atoms with Crippen LogP contribution >= 0.6 is 0 Å². The van der Waals surface area contributed by atoms with Gasteiger partial charge >= 0.3 is 11.9 Å². The minimum absolute atomic E-state index is 0.0974. The Balaban J connectivity index is 1.65. The molecule has 0 fully saturated rings. The van der Waals surface area contributed by atoms with E-state index in [9.17, 15) is 18.0 Å².